The number of fused-ring (bicyclic) bond motifs is 1. The Morgan fingerprint density at radius 2 is 1.96 bits per heavy atom. The number of furan rings is 1. The summed E-state index contributed by atoms with van der Waals surface area (Å²) in [5.41, 5.74) is 3.88. The van der Waals surface area contributed by atoms with Crippen molar-refractivity contribution in [2.45, 2.75) is 32.7 Å². The monoisotopic (exact) mass is 362 g/mol. The minimum Gasteiger partial charge on any atom is -0.463 e. The first kappa shape index (κ1) is 17.7. The molecule has 3 aromatic rings. The first-order chi connectivity index (χ1) is 13.3. The van der Waals surface area contributed by atoms with Crippen LogP contribution in [-0.2, 0) is 13.0 Å². The number of carbonyl (C=O) groups excluding carboxylic acids is 1. The molecule has 27 heavy (non-hydrogen) atoms. The summed E-state index contributed by atoms with van der Waals surface area (Å²) in [4.78, 5) is 15.2. The molecule has 0 atom stereocenters. The van der Waals surface area contributed by atoms with Crippen LogP contribution >= 0.6 is 0 Å². The number of allylic oxidation sites excluding steroid dienone is 2. The smallest absolute Gasteiger partial charge is 0.270 e. The van der Waals surface area contributed by atoms with E-state index in [0.717, 1.165) is 49.1 Å². The molecule has 3 heterocycles. The fourth-order valence-electron chi connectivity index (χ4n) is 4.01. The summed E-state index contributed by atoms with van der Waals surface area (Å²) >= 11 is 0. The molecule has 1 amide bonds. The van der Waals surface area contributed by atoms with Gasteiger partial charge in [0.2, 0.25) is 0 Å². The largest absolute Gasteiger partial charge is 0.463 e. The van der Waals surface area contributed by atoms with E-state index in [4.69, 9.17) is 4.42 Å². The number of nitrogens with zero attached hydrogens (tertiary/aromatic N) is 2. The van der Waals surface area contributed by atoms with E-state index in [1.165, 1.54) is 5.56 Å². The molecule has 0 unspecified atom stereocenters. The van der Waals surface area contributed by atoms with Crippen LogP contribution in [0.25, 0.3) is 11.1 Å². The van der Waals surface area contributed by atoms with Gasteiger partial charge in [-0.1, -0.05) is 42.5 Å². The minimum absolute atomic E-state index is 0.115. The zero-order chi connectivity index (χ0) is 18.6. The van der Waals surface area contributed by atoms with Gasteiger partial charge in [-0.25, -0.2) is 0 Å². The van der Waals surface area contributed by atoms with Gasteiger partial charge in [0.15, 0.2) is 5.58 Å². The molecule has 0 N–H and O–H groups in total. The van der Waals surface area contributed by atoms with Gasteiger partial charge in [0, 0.05) is 31.8 Å². The van der Waals surface area contributed by atoms with Crippen molar-refractivity contribution in [2.24, 2.45) is 5.92 Å². The van der Waals surface area contributed by atoms with Crippen LogP contribution in [0.15, 0.2) is 65.3 Å². The van der Waals surface area contributed by atoms with Crippen LogP contribution in [0.5, 0.6) is 0 Å². The van der Waals surface area contributed by atoms with Crippen LogP contribution in [0.1, 0.15) is 35.8 Å². The summed E-state index contributed by atoms with van der Waals surface area (Å²) in [5.74, 6) is 0.770. The molecule has 1 aliphatic heterocycles. The molecular weight excluding hydrogens is 336 g/mol. The number of piperidine rings is 1. The Morgan fingerprint density at radius 3 is 2.70 bits per heavy atom. The molecule has 0 spiro atoms. The van der Waals surface area contributed by atoms with E-state index in [-0.39, 0.29) is 5.91 Å². The number of carbonyl (C=O) groups is 1. The fourth-order valence-corrected chi connectivity index (χ4v) is 4.01. The lowest BCUT2D eigenvalue weighted by Crippen LogP contribution is -2.39. The molecule has 1 saturated heterocycles. The molecule has 0 saturated carbocycles. The maximum Gasteiger partial charge on any atom is 0.270 e. The Hall–Kier alpha value is -2.75. The van der Waals surface area contributed by atoms with Gasteiger partial charge in [-0.2, -0.15) is 0 Å². The Labute approximate surface area is 160 Å². The molecule has 4 nitrogen and oxygen atoms in total. The standard InChI is InChI=1S/C23H26N2O2/c1-2-3-12-25-20-11-15-27-22(20)17-21(25)23(26)24-13-9-19(10-14-24)16-18-7-5-4-6-8-18/h2-8,11,15,17,19H,9-10,12-14,16H2,1H3/b3-2-. The second kappa shape index (κ2) is 7.87. The highest BCUT2D eigenvalue weighted by atomic mass is 16.3. The molecule has 1 aromatic carbocycles. The van der Waals surface area contributed by atoms with Gasteiger partial charge >= 0.3 is 0 Å². The molecule has 0 aliphatic carbocycles. The zero-order valence-electron chi connectivity index (χ0n) is 15.8. The van der Waals surface area contributed by atoms with E-state index in [1.54, 1.807) is 6.26 Å². The van der Waals surface area contributed by atoms with Crippen molar-refractivity contribution in [2.75, 3.05) is 13.1 Å². The van der Waals surface area contributed by atoms with E-state index < -0.39 is 0 Å². The highest BCUT2D eigenvalue weighted by Gasteiger charge is 2.26. The van der Waals surface area contributed by atoms with Crippen LogP contribution in [0.4, 0.5) is 0 Å². The van der Waals surface area contributed by atoms with E-state index in [2.05, 4.69) is 41.0 Å². The summed E-state index contributed by atoms with van der Waals surface area (Å²) < 4.78 is 7.58. The van der Waals surface area contributed by atoms with Gasteiger partial charge in [0.05, 0.1) is 11.8 Å². The lowest BCUT2D eigenvalue weighted by atomic mass is 9.90. The van der Waals surface area contributed by atoms with Gasteiger partial charge in [0.25, 0.3) is 5.91 Å². The Bertz CT molecular complexity index is 928. The average Bonchev–Trinajstić information content (AvgIpc) is 3.29. The number of rotatable bonds is 5. The fraction of sp³-hybridized carbons (Fsp3) is 0.348. The molecule has 140 valence electrons. The van der Waals surface area contributed by atoms with Crippen LogP contribution in [0.2, 0.25) is 0 Å². The SMILES string of the molecule is C/C=C\Cn1c(C(=O)N2CCC(Cc3ccccc3)CC2)cc2occc21. The lowest BCUT2D eigenvalue weighted by Gasteiger charge is -2.32. The maximum atomic E-state index is 13.2. The van der Waals surface area contributed by atoms with Crippen molar-refractivity contribution in [1.82, 2.24) is 9.47 Å². The minimum atomic E-state index is 0.115. The van der Waals surface area contributed by atoms with Crippen LogP contribution < -0.4 is 0 Å². The summed E-state index contributed by atoms with van der Waals surface area (Å²) in [6, 6.07) is 14.5. The highest BCUT2D eigenvalue weighted by Crippen LogP contribution is 2.26. The highest BCUT2D eigenvalue weighted by molar-refractivity contribution is 5.97. The average molecular weight is 362 g/mol. The van der Waals surface area contributed by atoms with E-state index in [9.17, 15) is 4.79 Å². The summed E-state index contributed by atoms with van der Waals surface area (Å²) in [5, 5.41) is 0. The zero-order valence-corrected chi connectivity index (χ0v) is 15.8. The predicted molar refractivity (Wildman–Crippen MR) is 108 cm³/mol. The molecule has 1 fully saturated rings. The maximum absolute atomic E-state index is 13.2. The third-order valence-corrected chi connectivity index (χ3v) is 5.53. The normalized spacial score (nSPS) is 15.8. The molecule has 0 bridgehead atoms. The van der Waals surface area contributed by atoms with Crippen LogP contribution in [0, 0.1) is 5.92 Å². The Kier molecular flexibility index (Phi) is 5.14. The molecular formula is C23H26N2O2. The number of hydrogen-bond donors (Lipinski definition) is 0. The van der Waals surface area contributed by atoms with E-state index in [1.807, 2.05) is 30.0 Å². The summed E-state index contributed by atoms with van der Waals surface area (Å²) in [6.07, 6.45) is 8.98. The summed E-state index contributed by atoms with van der Waals surface area (Å²) in [6.45, 7) is 4.33. The Morgan fingerprint density at radius 1 is 1.19 bits per heavy atom. The molecule has 4 rings (SSSR count). The third kappa shape index (κ3) is 3.70. The van der Waals surface area contributed by atoms with E-state index >= 15 is 0 Å². The first-order valence-electron chi connectivity index (χ1n) is 9.77. The van der Waals surface area contributed by atoms with Crippen molar-refractivity contribution in [3.63, 3.8) is 0 Å². The van der Waals surface area contributed by atoms with Crippen molar-refractivity contribution in [1.29, 1.82) is 0 Å². The van der Waals surface area contributed by atoms with Crippen molar-refractivity contribution in [3.05, 3.63) is 72.1 Å². The lowest BCUT2D eigenvalue weighted by molar-refractivity contribution is 0.0680. The second-order valence-electron chi connectivity index (χ2n) is 7.30. The quantitative estimate of drug-likeness (QED) is 0.605. The number of benzene rings is 1. The van der Waals surface area contributed by atoms with Crippen LogP contribution in [-0.4, -0.2) is 28.5 Å². The van der Waals surface area contributed by atoms with Crippen molar-refractivity contribution >= 4 is 17.0 Å². The van der Waals surface area contributed by atoms with Gasteiger partial charge in [-0.3, -0.25) is 4.79 Å². The third-order valence-electron chi connectivity index (χ3n) is 5.53. The van der Waals surface area contributed by atoms with Gasteiger partial charge in [-0.15, -0.1) is 0 Å². The van der Waals surface area contributed by atoms with Gasteiger partial charge in [0.1, 0.15) is 5.69 Å². The van der Waals surface area contributed by atoms with Crippen LogP contribution in [0.3, 0.4) is 0 Å². The topological polar surface area (TPSA) is 38.4 Å². The molecule has 0 radical (unpaired) electrons. The molecule has 1 aliphatic rings. The number of likely N-dealkylation sites (tertiary alicyclic amines) is 1. The predicted octanol–water partition coefficient (Wildman–Crippen LogP) is 4.91. The van der Waals surface area contributed by atoms with Gasteiger partial charge in [-0.05, 0) is 37.7 Å². The number of hydrogen-bond acceptors (Lipinski definition) is 2. The second-order valence-corrected chi connectivity index (χ2v) is 7.30. The Balaban J connectivity index is 1.45. The van der Waals surface area contributed by atoms with Crippen molar-refractivity contribution < 1.29 is 9.21 Å². The van der Waals surface area contributed by atoms with Crippen molar-refractivity contribution in [3.8, 4) is 0 Å². The molecule has 4 heteroatoms. The number of aromatic nitrogens is 1. The number of amides is 1. The van der Waals surface area contributed by atoms with E-state index in [0.29, 0.717) is 12.5 Å². The summed E-state index contributed by atoms with van der Waals surface area (Å²) in [7, 11) is 0. The molecule has 2 aromatic heterocycles. The first-order valence-corrected chi connectivity index (χ1v) is 9.77. The van der Waals surface area contributed by atoms with Gasteiger partial charge < -0.3 is 13.9 Å².